The molecule has 8 heteroatoms. The number of ether oxygens (including phenoxy) is 1. The SMILES string of the molecule is O=C(/C=C/c1ccc(Cl)cc1)c1ccc(Oc2ncc(C(F)(F)F)cc2Cl)cc1. The van der Waals surface area contributed by atoms with Gasteiger partial charge in [-0.1, -0.05) is 41.4 Å². The van der Waals surface area contributed by atoms with E-state index in [2.05, 4.69) is 4.98 Å². The molecule has 0 bridgehead atoms. The molecule has 3 nitrogen and oxygen atoms in total. The van der Waals surface area contributed by atoms with Gasteiger partial charge in [-0.2, -0.15) is 13.2 Å². The highest BCUT2D eigenvalue weighted by Crippen LogP contribution is 2.34. The second kappa shape index (κ2) is 8.68. The van der Waals surface area contributed by atoms with Gasteiger partial charge in [0.2, 0.25) is 5.88 Å². The molecule has 0 aliphatic heterocycles. The third-order valence-corrected chi connectivity index (χ3v) is 4.31. The fourth-order valence-corrected chi connectivity index (χ4v) is 2.63. The molecule has 1 heterocycles. The van der Waals surface area contributed by atoms with Crippen molar-refractivity contribution < 1.29 is 22.7 Å². The number of allylic oxidation sites excluding steroid dienone is 1. The number of alkyl halides is 3. The van der Waals surface area contributed by atoms with Crippen molar-refractivity contribution in [3.63, 3.8) is 0 Å². The Morgan fingerprint density at radius 3 is 2.24 bits per heavy atom. The molecule has 1 aromatic heterocycles. The topological polar surface area (TPSA) is 39.2 Å². The number of carbonyl (C=O) groups excluding carboxylic acids is 1. The van der Waals surface area contributed by atoms with E-state index in [1.54, 1.807) is 30.3 Å². The number of benzene rings is 2. The van der Waals surface area contributed by atoms with Gasteiger partial charge in [0.05, 0.1) is 5.56 Å². The first-order chi connectivity index (χ1) is 13.7. The first kappa shape index (κ1) is 20.9. The van der Waals surface area contributed by atoms with Crippen molar-refractivity contribution in [3.05, 3.63) is 93.6 Å². The van der Waals surface area contributed by atoms with Gasteiger partial charge in [0.25, 0.3) is 0 Å². The van der Waals surface area contributed by atoms with Crippen molar-refractivity contribution in [1.29, 1.82) is 0 Å². The number of hydrogen-bond acceptors (Lipinski definition) is 3. The lowest BCUT2D eigenvalue weighted by atomic mass is 10.1. The highest BCUT2D eigenvalue weighted by Gasteiger charge is 2.31. The second-order valence-corrected chi connectivity index (χ2v) is 6.73. The number of carbonyl (C=O) groups is 1. The average molecular weight is 438 g/mol. The van der Waals surface area contributed by atoms with Crippen LogP contribution in [0.15, 0.2) is 66.9 Å². The van der Waals surface area contributed by atoms with Gasteiger partial charge in [-0.25, -0.2) is 4.98 Å². The summed E-state index contributed by atoms with van der Waals surface area (Å²) < 4.78 is 43.4. The maximum atomic E-state index is 12.7. The molecule has 0 aliphatic carbocycles. The molecule has 3 aromatic rings. The number of rotatable bonds is 5. The summed E-state index contributed by atoms with van der Waals surface area (Å²) in [5.41, 5.74) is 0.267. The van der Waals surface area contributed by atoms with Crippen molar-refractivity contribution in [2.75, 3.05) is 0 Å². The van der Waals surface area contributed by atoms with Crippen LogP contribution in [-0.2, 0) is 6.18 Å². The number of aromatic nitrogens is 1. The summed E-state index contributed by atoms with van der Waals surface area (Å²) in [4.78, 5) is 15.9. The maximum Gasteiger partial charge on any atom is 0.417 e. The van der Waals surface area contributed by atoms with Crippen LogP contribution in [0.4, 0.5) is 13.2 Å². The number of hydrogen-bond donors (Lipinski definition) is 0. The largest absolute Gasteiger partial charge is 0.438 e. The molecule has 0 atom stereocenters. The van der Waals surface area contributed by atoms with Gasteiger partial charge in [-0.05, 0) is 54.1 Å². The van der Waals surface area contributed by atoms with Crippen LogP contribution in [0.5, 0.6) is 11.6 Å². The zero-order valence-electron chi connectivity index (χ0n) is 14.6. The Morgan fingerprint density at radius 1 is 1.00 bits per heavy atom. The van der Waals surface area contributed by atoms with Crippen molar-refractivity contribution in [2.45, 2.75) is 6.18 Å². The fraction of sp³-hybridized carbons (Fsp3) is 0.0476. The minimum absolute atomic E-state index is 0.165. The molecule has 3 rings (SSSR count). The maximum absolute atomic E-state index is 12.7. The van der Waals surface area contributed by atoms with E-state index in [0.717, 1.165) is 11.6 Å². The van der Waals surface area contributed by atoms with Crippen LogP contribution >= 0.6 is 23.2 Å². The van der Waals surface area contributed by atoms with E-state index in [1.807, 2.05) is 0 Å². The normalized spacial score (nSPS) is 11.6. The van der Waals surface area contributed by atoms with E-state index in [4.69, 9.17) is 27.9 Å². The fourth-order valence-electron chi connectivity index (χ4n) is 2.30. The Bertz CT molecular complexity index is 1050. The molecule has 29 heavy (non-hydrogen) atoms. The van der Waals surface area contributed by atoms with E-state index in [9.17, 15) is 18.0 Å². The lowest BCUT2D eigenvalue weighted by molar-refractivity contribution is -0.137. The molecular weight excluding hydrogens is 426 g/mol. The summed E-state index contributed by atoms with van der Waals surface area (Å²) in [5, 5.41) is 0.331. The smallest absolute Gasteiger partial charge is 0.417 e. The first-order valence-electron chi connectivity index (χ1n) is 8.21. The molecule has 0 spiro atoms. The monoisotopic (exact) mass is 437 g/mol. The molecule has 0 saturated heterocycles. The van der Waals surface area contributed by atoms with Crippen LogP contribution in [0.25, 0.3) is 6.08 Å². The summed E-state index contributed by atoms with van der Waals surface area (Å²) in [6, 6.07) is 13.8. The van der Waals surface area contributed by atoms with E-state index in [0.29, 0.717) is 16.8 Å². The number of nitrogens with zero attached hydrogens (tertiary/aromatic N) is 1. The summed E-state index contributed by atoms with van der Waals surface area (Å²) in [7, 11) is 0. The molecule has 0 saturated carbocycles. The Labute approximate surface area is 174 Å². The number of ketones is 1. The van der Waals surface area contributed by atoms with Crippen molar-refractivity contribution in [3.8, 4) is 11.6 Å². The molecule has 2 aromatic carbocycles. The quantitative estimate of drug-likeness (QED) is 0.315. The van der Waals surface area contributed by atoms with Crippen LogP contribution in [0.1, 0.15) is 21.5 Å². The average Bonchev–Trinajstić information content (AvgIpc) is 2.68. The Kier molecular flexibility index (Phi) is 6.25. The standard InChI is InChI=1S/C21H12Cl2F3NO2/c22-16-6-1-13(2-7-16)3-10-19(28)14-4-8-17(9-5-14)29-20-18(23)11-15(12-27-20)21(24,25)26/h1-12H/b10-3+. The Morgan fingerprint density at radius 2 is 1.66 bits per heavy atom. The molecule has 0 unspecified atom stereocenters. The lowest BCUT2D eigenvalue weighted by Gasteiger charge is -2.10. The minimum Gasteiger partial charge on any atom is -0.438 e. The summed E-state index contributed by atoms with van der Waals surface area (Å²) >= 11 is 11.6. The molecule has 0 fully saturated rings. The van der Waals surface area contributed by atoms with Gasteiger partial charge < -0.3 is 4.74 Å². The third kappa shape index (κ3) is 5.59. The van der Waals surface area contributed by atoms with Crippen LogP contribution in [0.2, 0.25) is 10.0 Å². The molecule has 0 radical (unpaired) electrons. The summed E-state index contributed by atoms with van der Waals surface area (Å²) in [6.45, 7) is 0. The first-order valence-corrected chi connectivity index (χ1v) is 8.96. The molecule has 148 valence electrons. The van der Waals surface area contributed by atoms with Crippen molar-refractivity contribution in [1.82, 2.24) is 4.98 Å². The second-order valence-electron chi connectivity index (χ2n) is 5.88. The predicted octanol–water partition coefficient (Wildman–Crippen LogP) is 7.10. The lowest BCUT2D eigenvalue weighted by Crippen LogP contribution is -2.05. The van der Waals surface area contributed by atoms with Crippen LogP contribution in [0, 0.1) is 0 Å². The van der Waals surface area contributed by atoms with Crippen LogP contribution < -0.4 is 4.74 Å². The van der Waals surface area contributed by atoms with E-state index >= 15 is 0 Å². The number of halogens is 5. The van der Waals surface area contributed by atoms with Gasteiger partial charge in [-0.3, -0.25) is 4.79 Å². The van der Waals surface area contributed by atoms with Crippen molar-refractivity contribution >= 4 is 35.1 Å². The Hall–Kier alpha value is -2.83. The van der Waals surface area contributed by atoms with Gasteiger partial charge >= 0.3 is 6.18 Å². The van der Waals surface area contributed by atoms with Crippen LogP contribution in [-0.4, -0.2) is 10.8 Å². The van der Waals surface area contributed by atoms with Crippen LogP contribution in [0.3, 0.4) is 0 Å². The summed E-state index contributed by atoms with van der Waals surface area (Å²) in [6.07, 6.45) is -0.820. The zero-order chi connectivity index (χ0) is 21.0. The van der Waals surface area contributed by atoms with Crippen molar-refractivity contribution in [2.24, 2.45) is 0 Å². The highest BCUT2D eigenvalue weighted by atomic mass is 35.5. The molecule has 0 amide bonds. The highest BCUT2D eigenvalue weighted by molar-refractivity contribution is 6.32. The molecule has 0 N–H and O–H groups in total. The van der Waals surface area contributed by atoms with Gasteiger partial charge in [0.1, 0.15) is 10.8 Å². The van der Waals surface area contributed by atoms with E-state index in [1.165, 1.54) is 30.3 Å². The van der Waals surface area contributed by atoms with Gasteiger partial charge in [-0.15, -0.1) is 0 Å². The third-order valence-electron chi connectivity index (χ3n) is 3.79. The zero-order valence-corrected chi connectivity index (χ0v) is 16.1. The Balaban J connectivity index is 1.68. The predicted molar refractivity (Wildman–Crippen MR) is 106 cm³/mol. The van der Waals surface area contributed by atoms with E-state index in [-0.39, 0.29) is 22.4 Å². The summed E-state index contributed by atoms with van der Waals surface area (Å²) in [5.74, 6) is -0.115. The molecule has 0 aliphatic rings. The minimum atomic E-state index is -4.54. The van der Waals surface area contributed by atoms with Gasteiger partial charge in [0, 0.05) is 16.8 Å². The number of pyridine rings is 1. The molecular formula is C21H12Cl2F3NO2. The van der Waals surface area contributed by atoms with Gasteiger partial charge in [0.15, 0.2) is 5.78 Å². The van der Waals surface area contributed by atoms with E-state index < -0.39 is 11.7 Å².